The average molecular weight is 285 g/mol. The topological polar surface area (TPSA) is 75.1 Å². The lowest BCUT2D eigenvalue weighted by Crippen LogP contribution is -2.39. The van der Waals surface area contributed by atoms with Gasteiger partial charge in [-0.1, -0.05) is 39.1 Å². The molecule has 0 aliphatic carbocycles. The highest BCUT2D eigenvalue weighted by Crippen LogP contribution is 2.25. The zero-order chi connectivity index (χ0) is 14.6. The van der Waals surface area contributed by atoms with Gasteiger partial charge in [-0.15, -0.1) is 5.10 Å². The molecule has 19 heavy (non-hydrogen) atoms. The van der Waals surface area contributed by atoms with E-state index in [1.807, 2.05) is 34.6 Å². The molecule has 1 atom stereocenters. The molecule has 1 amide bonds. The van der Waals surface area contributed by atoms with Crippen LogP contribution in [-0.2, 0) is 5.41 Å². The molecule has 108 valence electrons. The number of aliphatic hydroxyl groups is 1. The van der Waals surface area contributed by atoms with Gasteiger partial charge in [0.15, 0.2) is 0 Å². The molecule has 1 aromatic rings. The lowest BCUT2D eigenvalue weighted by Gasteiger charge is -2.22. The number of nitrogens with one attached hydrogen (secondary N) is 1. The summed E-state index contributed by atoms with van der Waals surface area (Å²) in [7, 11) is 0. The van der Waals surface area contributed by atoms with Gasteiger partial charge in [0, 0.05) is 18.1 Å². The van der Waals surface area contributed by atoms with Crippen LogP contribution in [-0.4, -0.2) is 33.2 Å². The zero-order valence-electron chi connectivity index (χ0n) is 12.2. The van der Waals surface area contributed by atoms with Crippen molar-refractivity contribution in [3.8, 4) is 0 Å². The van der Waals surface area contributed by atoms with Crippen LogP contribution in [0.5, 0.6) is 0 Å². The van der Waals surface area contributed by atoms with Gasteiger partial charge in [-0.25, -0.2) is 0 Å². The van der Waals surface area contributed by atoms with E-state index in [0.29, 0.717) is 11.3 Å². The smallest absolute Gasteiger partial charge is 0.265 e. The number of rotatable bonds is 5. The molecule has 0 radical (unpaired) electrons. The standard InChI is InChI=1S/C13H23N3O2S/c1-8(2)9(6-7-17)14-12(18)10-11(13(3,4)5)15-16-19-10/h8-9,17H,6-7H2,1-5H3,(H,14,18). The maximum absolute atomic E-state index is 12.3. The Morgan fingerprint density at radius 2 is 2.05 bits per heavy atom. The van der Waals surface area contributed by atoms with Gasteiger partial charge < -0.3 is 10.4 Å². The molecule has 1 rings (SSSR count). The van der Waals surface area contributed by atoms with Gasteiger partial charge in [0.05, 0.1) is 5.69 Å². The number of carbonyl (C=O) groups excluding carboxylic acids is 1. The summed E-state index contributed by atoms with van der Waals surface area (Å²) < 4.78 is 3.89. The monoisotopic (exact) mass is 285 g/mol. The van der Waals surface area contributed by atoms with Gasteiger partial charge in [-0.2, -0.15) is 0 Å². The number of aliphatic hydroxyl groups excluding tert-OH is 1. The highest BCUT2D eigenvalue weighted by Gasteiger charge is 2.27. The molecule has 0 saturated carbocycles. The van der Waals surface area contributed by atoms with Crippen molar-refractivity contribution < 1.29 is 9.90 Å². The van der Waals surface area contributed by atoms with E-state index in [-0.39, 0.29) is 29.9 Å². The maximum atomic E-state index is 12.3. The SMILES string of the molecule is CC(C)C(CCO)NC(=O)c1snnc1C(C)(C)C. The molecule has 1 unspecified atom stereocenters. The fraction of sp³-hybridized carbons (Fsp3) is 0.769. The molecule has 6 heteroatoms. The number of carbonyl (C=O) groups is 1. The lowest BCUT2D eigenvalue weighted by molar-refractivity contribution is 0.0918. The molecule has 0 aliphatic heterocycles. The van der Waals surface area contributed by atoms with Gasteiger partial charge in [0.2, 0.25) is 0 Å². The Labute approximate surface area is 118 Å². The van der Waals surface area contributed by atoms with Crippen LogP contribution in [0, 0.1) is 5.92 Å². The number of amides is 1. The van der Waals surface area contributed by atoms with Crippen LogP contribution in [0.3, 0.4) is 0 Å². The molecule has 1 heterocycles. The molecule has 1 aromatic heterocycles. The first kappa shape index (κ1) is 16.0. The zero-order valence-corrected chi connectivity index (χ0v) is 13.0. The van der Waals surface area contributed by atoms with Gasteiger partial charge in [-0.3, -0.25) is 4.79 Å². The highest BCUT2D eigenvalue weighted by molar-refractivity contribution is 7.08. The number of aromatic nitrogens is 2. The van der Waals surface area contributed by atoms with Crippen molar-refractivity contribution in [3.05, 3.63) is 10.6 Å². The Morgan fingerprint density at radius 1 is 1.42 bits per heavy atom. The Bertz CT molecular complexity index is 424. The summed E-state index contributed by atoms with van der Waals surface area (Å²) in [5, 5.41) is 16.1. The Balaban J connectivity index is 2.86. The normalized spacial score (nSPS) is 13.6. The first-order valence-electron chi connectivity index (χ1n) is 6.52. The van der Waals surface area contributed by atoms with Gasteiger partial charge >= 0.3 is 0 Å². The first-order valence-corrected chi connectivity index (χ1v) is 7.29. The molecule has 0 bridgehead atoms. The predicted molar refractivity (Wildman–Crippen MR) is 76.4 cm³/mol. The third-order valence-corrected chi connectivity index (χ3v) is 3.69. The Hall–Kier alpha value is -1.01. The van der Waals surface area contributed by atoms with Crippen LogP contribution in [0.1, 0.15) is 56.4 Å². The summed E-state index contributed by atoms with van der Waals surface area (Å²) in [5.74, 6) is 0.127. The molecule has 5 nitrogen and oxygen atoms in total. The third-order valence-electron chi connectivity index (χ3n) is 2.97. The molecule has 0 fully saturated rings. The minimum Gasteiger partial charge on any atom is -0.396 e. The van der Waals surface area contributed by atoms with E-state index in [1.54, 1.807) is 0 Å². The molecule has 2 N–H and O–H groups in total. The largest absolute Gasteiger partial charge is 0.396 e. The van der Waals surface area contributed by atoms with Crippen LogP contribution < -0.4 is 5.32 Å². The molecule has 0 saturated heterocycles. The summed E-state index contributed by atoms with van der Waals surface area (Å²) in [6.45, 7) is 10.1. The summed E-state index contributed by atoms with van der Waals surface area (Å²) in [5.41, 5.74) is 0.519. The van der Waals surface area contributed by atoms with Crippen molar-refractivity contribution in [1.82, 2.24) is 14.9 Å². The first-order chi connectivity index (χ1) is 8.77. The predicted octanol–water partition coefficient (Wildman–Crippen LogP) is 1.97. The van der Waals surface area contributed by atoms with E-state index in [9.17, 15) is 4.79 Å². The number of hydrogen-bond acceptors (Lipinski definition) is 5. The minimum absolute atomic E-state index is 0.0348. The van der Waals surface area contributed by atoms with Crippen molar-refractivity contribution in [2.24, 2.45) is 5.92 Å². The quantitative estimate of drug-likeness (QED) is 0.867. The van der Waals surface area contributed by atoms with Gasteiger partial charge in [0.25, 0.3) is 5.91 Å². The van der Waals surface area contributed by atoms with Crippen LogP contribution >= 0.6 is 11.5 Å². The molecular weight excluding hydrogens is 262 g/mol. The summed E-state index contributed by atoms with van der Waals surface area (Å²) in [4.78, 5) is 12.9. The van der Waals surface area contributed by atoms with Gasteiger partial charge in [0.1, 0.15) is 4.88 Å². The lowest BCUT2D eigenvalue weighted by atomic mass is 9.91. The second-order valence-electron chi connectivity index (χ2n) is 6.04. The van der Waals surface area contributed by atoms with Crippen LogP contribution in [0.2, 0.25) is 0 Å². The number of hydrogen-bond donors (Lipinski definition) is 2. The van der Waals surface area contributed by atoms with Crippen LogP contribution in [0.25, 0.3) is 0 Å². The van der Waals surface area contributed by atoms with E-state index >= 15 is 0 Å². The van der Waals surface area contributed by atoms with E-state index < -0.39 is 0 Å². The van der Waals surface area contributed by atoms with Crippen molar-refractivity contribution in [3.63, 3.8) is 0 Å². The van der Waals surface area contributed by atoms with Gasteiger partial charge in [-0.05, 0) is 23.9 Å². The second-order valence-corrected chi connectivity index (χ2v) is 6.79. The fourth-order valence-corrected chi connectivity index (χ4v) is 2.55. The second kappa shape index (κ2) is 6.43. The average Bonchev–Trinajstić information content (AvgIpc) is 2.76. The maximum Gasteiger partial charge on any atom is 0.265 e. The van der Waals surface area contributed by atoms with Crippen molar-refractivity contribution in [2.45, 2.75) is 52.5 Å². The molecule has 0 aliphatic rings. The van der Waals surface area contributed by atoms with Crippen LogP contribution in [0.4, 0.5) is 0 Å². The van der Waals surface area contributed by atoms with E-state index in [4.69, 9.17) is 5.11 Å². The molecule has 0 aromatic carbocycles. The molecular formula is C13H23N3O2S. The van der Waals surface area contributed by atoms with E-state index in [0.717, 1.165) is 17.2 Å². The fourth-order valence-electron chi connectivity index (χ4n) is 1.78. The third kappa shape index (κ3) is 4.24. The highest BCUT2D eigenvalue weighted by atomic mass is 32.1. The summed E-state index contributed by atoms with van der Waals surface area (Å²) >= 11 is 1.12. The Morgan fingerprint density at radius 3 is 2.53 bits per heavy atom. The number of nitrogens with zero attached hydrogens (tertiary/aromatic N) is 2. The summed E-state index contributed by atoms with van der Waals surface area (Å²) in [6.07, 6.45) is 0.556. The van der Waals surface area contributed by atoms with Crippen molar-refractivity contribution in [2.75, 3.05) is 6.61 Å². The Kier molecular flexibility index (Phi) is 5.43. The summed E-state index contributed by atoms with van der Waals surface area (Å²) in [6, 6.07) is -0.0348. The molecule has 0 spiro atoms. The van der Waals surface area contributed by atoms with Crippen LogP contribution in [0.15, 0.2) is 0 Å². The minimum atomic E-state index is -0.204. The van der Waals surface area contributed by atoms with E-state index in [2.05, 4.69) is 14.9 Å². The van der Waals surface area contributed by atoms with E-state index in [1.165, 1.54) is 0 Å². The van der Waals surface area contributed by atoms with Crippen molar-refractivity contribution in [1.29, 1.82) is 0 Å². The van der Waals surface area contributed by atoms with Crippen molar-refractivity contribution >= 4 is 17.4 Å².